The van der Waals surface area contributed by atoms with Crippen molar-refractivity contribution in [3.8, 4) is 0 Å². The molecule has 1 aliphatic rings. The van der Waals surface area contributed by atoms with Gasteiger partial charge in [0.05, 0.1) is 19.3 Å². The molecule has 0 amide bonds. The molecule has 0 fully saturated rings. The molecule has 2 N–H and O–H groups in total. The lowest BCUT2D eigenvalue weighted by Gasteiger charge is -2.25. The fraction of sp³-hybridized carbons (Fsp3) is 0.625. The number of thiophene rings is 1. The van der Waals surface area contributed by atoms with E-state index in [-0.39, 0.29) is 0 Å². The van der Waals surface area contributed by atoms with Crippen molar-refractivity contribution < 1.29 is 9.84 Å². The van der Waals surface area contributed by atoms with Gasteiger partial charge in [0.2, 0.25) is 0 Å². The molecule has 112 valence electrons. The molecule has 20 heavy (non-hydrogen) atoms. The van der Waals surface area contributed by atoms with Crippen molar-refractivity contribution in [2.45, 2.75) is 32.4 Å². The van der Waals surface area contributed by atoms with E-state index in [1.807, 2.05) is 0 Å². The first kappa shape index (κ1) is 15.7. The number of ether oxygens (including phenoxy) is 1. The predicted octanol–water partition coefficient (Wildman–Crippen LogP) is 2.82. The van der Waals surface area contributed by atoms with Crippen LogP contribution >= 0.6 is 11.3 Å². The Kier molecular flexibility index (Phi) is 6.73. The highest BCUT2D eigenvalue weighted by molar-refractivity contribution is 7.07. The summed E-state index contributed by atoms with van der Waals surface area (Å²) in [6, 6.07) is 2.10. The molecule has 0 bridgehead atoms. The molecule has 1 aromatic rings. The van der Waals surface area contributed by atoms with Crippen molar-refractivity contribution >= 4 is 11.3 Å². The predicted molar refractivity (Wildman–Crippen MR) is 83.9 cm³/mol. The number of hydrogen-bond donors (Lipinski definition) is 2. The second-order valence-electron chi connectivity index (χ2n) is 5.63. The van der Waals surface area contributed by atoms with E-state index >= 15 is 0 Å². The SMILES string of the molecule is CC1CC=CCC1COCC(O)CNCc1ccsc1. The summed E-state index contributed by atoms with van der Waals surface area (Å²) in [7, 11) is 0. The number of hydrogen-bond acceptors (Lipinski definition) is 4. The van der Waals surface area contributed by atoms with Crippen molar-refractivity contribution in [3.63, 3.8) is 0 Å². The topological polar surface area (TPSA) is 41.5 Å². The first-order valence-corrected chi connectivity index (χ1v) is 8.32. The molecule has 2 rings (SSSR count). The molecule has 3 nitrogen and oxygen atoms in total. The number of aliphatic hydroxyl groups excluding tert-OH is 1. The van der Waals surface area contributed by atoms with E-state index in [1.165, 1.54) is 5.56 Å². The van der Waals surface area contributed by atoms with Crippen LogP contribution < -0.4 is 5.32 Å². The van der Waals surface area contributed by atoms with Gasteiger partial charge < -0.3 is 15.2 Å². The molecule has 1 aromatic heterocycles. The van der Waals surface area contributed by atoms with Gasteiger partial charge >= 0.3 is 0 Å². The second-order valence-corrected chi connectivity index (χ2v) is 6.41. The number of aliphatic hydroxyl groups is 1. The largest absolute Gasteiger partial charge is 0.389 e. The Bertz CT molecular complexity index is 391. The summed E-state index contributed by atoms with van der Waals surface area (Å²) in [6.45, 7) is 4.84. The molecular weight excluding hydrogens is 270 g/mol. The number of allylic oxidation sites excluding steroid dienone is 2. The standard InChI is InChI=1S/C16H25NO2S/c1-13-4-2-3-5-15(13)10-19-11-16(18)9-17-8-14-6-7-20-12-14/h2-3,6-7,12-13,15-18H,4-5,8-11H2,1H3. The van der Waals surface area contributed by atoms with E-state index in [2.05, 4.69) is 41.2 Å². The van der Waals surface area contributed by atoms with E-state index in [9.17, 15) is 5.11 Å². The highest BCUT2D eigenvalue weighted by Gasteiger charge is 2.18. The summed E-state index contributed by atoms with van der Waals surface area (Å²) in [4.78, 5) is 0. The smallest absolute Gasteiger partial charge is 0.0897 e. The van der Waals surface area contributed by atoms with Gasteiger partial charge in [-0.3, -0.25) is 0 Å². The maximum absolute atomic E-state index is 9.87. The van der Waals surface area contributed by atoms with Gasteiger partial charge in [0.1, 0.15) is 0 Å². The lowest BCUT2D eigenvalue weighted by Crippen LogP contribution is -2.31. The van der Waals surface area contributed by atoms with Gasteiger partial charge in [-0.25, -0.2) is 0 Å². The summed E-state index contributed by atoms with van der Waals surface area (Å²) >= 11 is 1.70. The normalized spacial score (nSPS) is 23.9. The monoisotopic (exact) mass is 295 g/mol. The zero-order valence-corrected chi connectivity index (χ0v) is 12.9. The molecule has 4 heteroatoms. The van der Waals surface area contributed by atoms with Gasteiger partial charge in [0.15, 0.2) is 0 Å². The molecule has 0 aliphatic heterocycles. The molecule has 0 saturated heterocycles. The van der Waals surface area contributed by atoms with Crippen molar-refractivity contribution in [1.82, 2.24) is 5.32 Å². The van der Waals surface area contributed by atoms with Crippen LogP contribution in [0.15, 0.2) is 29.0 Å². The van der Waals surface area contributed by atoms with Crippen LogP contribution in [-0.4, -0.2) is 31.0 Å². The maximum atomic E-state index is 9.87. The zero-order chi connectivity index (χ0) is 14.2. The highest BCUT2D eigenvalue weighted by atomic mass is 32.1. The van der Waals surface area contributed by atoms with Crippen LogP contribution in [0.3, 0.4) is 0 Å². The maximum Gasteiger partial charge on any atom is 0.0897 e. The van der Waals surface area contributed by atoms with Crippen molar-refractivity contribution in [2.75, 3.05) is 19.8 Å². The quantitative estimate of drug-likeness (QED) is 0.725. The third kappa shape index (κ3) is 5.37. The van der Waals surface area contributed by atoms with E-state index < -0.39 is 6.10 Å². The molecule has 1 heterocycles. The minimum Gasteiger partial charge on any atom is -0.389 e. The summed E-state index contributed by atoms with van der Waals surface area (Å²) < 4.78 is 5.67. The third-order valence-electron chi connectivity index (χ3n) is 3.85. The van der Waals surface area contributed by atoms with E-state index in [0.717, 1.165) is 26.0 Å². The summed E-state index contributed by atoms with van der Waals surface area (Å²) in [6.07, 6.45) is 6.33. The van der Waals surface area contributed by atoms with Crippen LogP contribution in [0, 0.1) is 11.8 Å². The molecule has 0 radical (unpaired) electrons. The van der Waals surface area contributed by atoms with Gasteiger partial charge in [-0.05, 0) is 47.1 Å². The first-order chi connectivity index (χ1) is 9.75. The van der Waals surface area contributed by atoms with Gasteiger partial charge in [0, 0.05) is 13.1 Å². The van der Waals surface area contributed by atoms with Crippen LogP contribution in [-0.2, 0) is 11.3 Å². The Labute approximate surface area is 125 Å². The molecular formula is C16H25NO2S. The molecule has 1 aliphatic carbocycles. The molecule has 3 atom stereocenters. The summed E-state index contributed by atoms with van der Waals surface area (Å²) in [5.41, 5.74) is 1.27. The van der Waals surface area contributed by atoms with Crippen molar-refractivity contribution in [3.05, 3.63) is 34.5 Å². The lowest BCUT2D eigenvalue weighted by atomic mass is 9.85. The third-order valence-corrected chi connectivity index (χ3v) is 4.58. The van der Waals surface area contributed by atoms with Crippen LogP contribution in [0.4, 0.5) is 0 Å². The summed E-state index contributed by atoms with van der Waals surface area (Å²) in [5.74, 6) is 1.29. The molecule has 0 saturated carbocycles. The highest BCUT2D eigenvalue weighted by Crippen LogP contribution is 2.24. The minimum atomic E-state index is -0.428. The average Bonchev–Trinajstić information content (AvgIpc) is 2.94. The van der Waals surface area contributed by atoms with Crippen LogP contribution in [0.5, 0.6) is 0 Å². The molecule has 0 spiro atoms. The lowest BCUT2D eigenvalue weighted by molar-refractivity contribution is 0.0127. The zero-order valence-electron chi connectivity index (χ0n) is 12.1. The number of rotatable bonds is 8. The van der Waals surface area contributed by atoms with Crippen LogP contribution in [0.1, 0.15) is 25.3 Å². The van der Waals surface area contributed by atoms with Crippen molar-refractivity contribution in [2.24, 2.45) is 11.8 Å². The average molecular weight is 295 g/mol. The Balaban J connectivity index is 1.53. The van der Waals surface area contributed by atoms with E-state index in [0.29, 0.717) is 25.0 Å². The first-order valence-electron chi connectivity index (χ1n) is 7.38. The fourth-order valence-corrected chi connectivity index (χ4v) is 3.10. The fourth-order valence-electron chi connectivity index (χ4n) is 2.43. The van der Waals surface area contributed by atoms with Crippen LogP contribution in [0.25, 0.3) is 0 Å². The Morgan fingerprint density at radius 2 is 2.30 bits per heavy atom. The summed E-state index contributed by atoms with van der Waals surface area (Å²) in [5, 5.41) is 17.3. The minimum absolute atomic E-state index is 0.420. The van der Waals surface area contributed by atoms with Crippen LogP contribution in [0.2, 0.25) is 0 Å². The van der Waals surface area contributed by atoms with Gasteiger partial charge in [0.25, 0.3) is 0 Å². The molecule has 0 aromatic carbocycles. The van der Waals surface area contributed by atoms with E-state index in [1.54, 1.807) is 11.3 Å². The van der Waals surface area contributed by atoms with E-state index in [4.69, 9.17) is 4.74 Å². The number of nitrogens with one attached hydrogen (secondary N) is 1. The Morgan fingerprint density at radius 1 is 1.45 bits per heavy atom. The van der Waals surface area contributed by atoms with Gasteiger partial charge in [-0.2, -0.15) is 11.3 Å². The molecule has 3 unspecified atom stereocenters. The second kappa shape index (κ2) is 8.57. The van der Waals surface area contributed by atoms with Gasteiger partial charge in [-0.15, -0.1) is 0 Å². The van der Waals surface area contributed by atoms with Gasteiger partial charge in [-0.1, -0.05) is 19.1 Å². The Hall–Kier alpha value is -0.680. The van der Waals surface area contributed by atoms with Crippen molar-refractivity contribution in [1.29, 1.82) is 0 Å². The Morgan fingerprint density at radius 3 is 3.05 bits per heavy atom.